The lowest BCUT2D eigenvalue weighted by molar-refractivity contribution is -0.141. The number of thioether (sulfide) groups is 1. The van der Waals surface area contributed by atoms with Crippen molar-refractivity contribution in [3.8, 4) is 0 Å². The van der Waals surface area contributed by atoms with E-state index in [1.54, 1.807) is 12.1 Å². The summed E-state index contributed by atoms with van der Waals surface area (Å²) in [5, 5.41) is 5.14. The number of aryl methyl sites for hydroxylation is 1. The van der Waals surface area contributed by atoms with Gasteiger partial charge in [0, 0.05) is 11.8 Å². The quantitative estimate of drug-likeness (QED) is 0.650. The summed E-state index contributed by atoms with van der Waals surface area (Å²) in [5.74, 6) is -1.10. The van der Waals surface area contributed by atoms with Gasteiger partial charge >= 0.3 is 5.97 Å². The van der Waals surface area contributed by atoms with E-state index >= 15 is 0 Å². The number of methoxy groups -OCH3 is 1. The zero-order valence-corrected chi connectivity index (χ0v) is 13.0. The van der Waals surface area contributed by atoms with E-state index in [-0.39, 0.29) is 18.2 Å². The number of nitrogens with one attached hydrogen (secondary N) is 2. The van der Waals surface area contributed by atoms with Gasteiger partial charge in [-0.1, -0.05) is 29.5 Å². The summed E-state index contributed by atoms with van der Waals surface area (Å²) in [6, 6.07) is 7.38. The van der Waals surface area contributed by atoms with Crippen molar-refractivity contribution in [1.29, 1.82) is 0 Å². The molecule has 0 aromatic heterocycles. The second kappa shape index (κ2) is 7.13. The molecular weight excluding hydrogens is 304 g/mol. The Labute approximate surface area is 132 Å². The Morgan fingerprint density at radius 1 is 1.36 bits per heavy atom. The fraction of sp³-hybridized carbons (Fsp3) is 0.267. The number of carbonyl (C=O) groups is 3. The second-order valence-electron chi connectivity index (χ2n) is 4.74. The first-order chi connectivity index (χ1) is 10.5. The lowest BCUT2D eigenvalue weighted by atomic mass is 10.2. The van der Waals surface area contributed by atoms with Crippen LogP contribution in [0.2, 0.25) is 0 Å². The van der Waals surface area contributed by atoms with Gasteiger partial charge in [-0.2, -0.15) is 0 Å². The highest BCUT2D eigenvalue weighted by Crippen LogP contribution is 2.29. The molecule has 1 aromatic carbocycles. The Bertz CT molecular complexity index is 625. The van der Waals surface area contributed by atoms with Crippen LogP contribution in [0.4, 0.5) is 5.69 Å². The topological polar surface area (TPSA) is 84.5 Å². The van der Waals surface area contributed by atoms with Crippen LogP contribution in [0.5, 0.6) is 0 Å². The first-order valence-electron chi connectivity index (χ1n) is 6.61. The van der Waals surface area contributed by atoms with Crippen molar-refractivity contribution in [3.05, 3.63) is 40.9 Å². The maximum atomic E-state index is 11.9. The molecule has 2 N–H and O–H groups in total. The van der Waals surface area contributed by atoms with Gasteiger partial charge in [-0.25, -0.2) is 0 Å². The molecule has 1 heterocycles. The molecule has 0 aliphatic carbocycles. The van der Waals surface area contributed by atoms with E-state index in [0.717, 1.165) is 17.3 Å². The molecule has 1 atom stereocenters. The fourth-order valence-corrected chi connectivity index (χ4v) is 2.84. The van der Waals surface area contributed by atoms with Gasteiger partial charge in [0.1, 0.15) is 5.25 Å². The van der Waals surface area contributed by atoms with Gasteiger partial charge in [0.15, 0.2) is 0 Å². The average Bonchev–Trinajstić information content (AvgIpc) is 2.80. The molecule has 22 heavy (non-hydrogen) atoms. The van der Waals surface area contributed by atoms with Gasteiger partial charge in [0.2, 0.25) is 5.91 Å². The second-order valence-corrected chi connectivity index (χ2v) is 5.98. The number of amides is 2. The van der Waals surface area contributed by atoms with Crippen LogP contribution < -0.4 is 10.6 Å². The summed E-state index contributed by atoms with van der Waals surface area (Å²) >= 11 is 1.14. The normalized spacial score (nSPS) is 18.9. The Kier molecular flexibility index (Phi) is 5.21. The molecule has 1 aliphatic heterocycles. The van der Waals surface area contributed by atoms with Crippen LogP contribution in [0.15, 0.2) is 35.4 Å². The van der Waals surface area contributed by atoms with Crippen LogP contribution in [0.25, 0.3) is 0 Å². The van der Waals surface area contributed by atoms with Crippen LogP contribution in [0.3, 0.4) is 0 Å². The van der Waals surface area contributed by atoms with Gasteiger partial charge in [-0.15, -0.1) is 0 Å². The number of hydrogen-bond acceptors (Lipinski definition) is 5. The van der Waals surface area contributed by atoms with Crippen molar-refractivity contribution < 1.29 is 19.1 Å². The van der Waals surface area contributed by atoms with Gasteiger partial charge < -0.3 is 15.4 Å². The van der Waals surface area contributed by atoms with Gasteiger partial charge in [0.05, 0.1) is 18.6 Å². The summed E-state index contributed by atoms with van der Waals surface area (Å²) in [7, 11) is 1.27. The van der Waals surface area contributed by atoms with E-state index in [1.165, 1.54) is 13.2 Å². The van der Waals surface area contributed by atoms with E-state index in [0.29, 0.717) is 10.7 Å². The highest BCUT2D eigenvalue weighted by atomic mass is 32.2. The molecule has 116 valence electrons. The minimum atomic E-state index is -0.564. The van der Waals surface area contributed by atoms with Crippen LogP contribution in [0, 0.1) is 6.92 Å². The maximum absolute atomic E-state index is 11.9. The third-order valence-corrected chi connectivity index (χ3v) is 4.11. The molecule has 2 rings (SSSR count). The Balaban J connectivity index is 1.95. The van der Waals surface area contributed by atoms with Crippen molar-refractivity contribution >= 4 is 35.2 Å². The van der Waals surface area contributed by atoms with Crippen molar-refractivity contribution in [1.82, 2.24) is 5.32 Å². The van der Waals surface area contributed by atoms with Gasteiger partial charge in [-0.3, -0.25) is 14.4 Å². The summed E-state index contributed by atoms with van der Waals surface area (Å²) in [5.41, 5.74) is 1.77. The first kappa shape index (κ1) is 16.1. The summed E-state index contributed by atoms with van der Waals surface area (Å²) in [6.45, 7) is 1.96. The lowest BCUT2D eigenvalue weighted by Crippen LogP contribution is -2.24. The minimum Gasteiger partial charge on any atom is -0.469 e. The summed E-state index contributed by atoms with van der Waals surface area (Å²) < 4.78 is 4.53. The predicted molar refractivity (Wildman–Crippen MR) is 84.0 cm³/mol. The van der Waals surface area contributed by atoms with E-state index in [4.69, 9.17) is 0 Å². The first-order valence-corrected chi connectivity index (χ1v) is 7.49. The van der Waals surface area contributed by atoms with Crippen molar-refractivity contribution in [2.45, 2.75) is 18.6 Å². The number of anilines is 1. The van der Waals surface area contributed by atoms with Crippen LogP contribution >= 0.6 is 11.8 Å². The number of carbonyl (C=O) groups excluding carboxylic acids is 3. The van der Waals surface area contributed by atoms with E-state index in [2.05, 4.69) is 15.4 Å². The van der Waals surface area contributed by atoms with Crippen LogP contribution in [-0.4, -0.2) is 30.1 Å². The zero-order valence-electron chi connectivity index (χ0n) is 12.2. The molecule has 6 nitrogen and oxygen atoms in total. The highest BCUT2D eigenvalue weighted by molar-refractivity contribution is 8.04. The number of benzene rings is 1. The molecule has 0 bridgehead atoms. The largest absolute Gasteiger partial charge is 0.469 e. The molecule has 1 aromatic rings. The molecule has 1 unspecified atom stereocenters. The minimum absolute atomic E-state index is 0.0239. The smallest absolute Gasteiger partial charge is 0.307 e. The predicted octanol–water partition coefficient (Wildman–Crippen LogP) is 1.57. The van der Waals surface area contributed by atoms with Gasteiger partial charge in [-0.05, 0) is 19.1 Å². The molecule has 1 fully saturated rings. The summed E-state index contributed by atoms with van der Waals surface area (Å²) in [6.07, 6.45) is 1.28. The average molecular weight is 320 g/mol. The summed E-state index contributed by atoms with van der Waals surface area (Å²) in [4.78, 5) is 34.8. The number of rotatable bonds is 4. The molecule has 1 saturated heterocycles. The van der Waals surface area contributed by atoms with Gasteiger partial charge in [0.25, 0.3) is 5.91 Å². The Morgan fingerprint density at radius 3 is 2.68 bits per heavy atom. The van der Waals surface area contributed by atoms with E-state index in [9.17, 15) is 14.4 Å². The monoisotopic (exact) mass is 320 g/mol. The molecule has 0 radical (unpaired) electrons. The fourth-order valence-electron chi connectivity index (χ4n) is 1.81. The number of ether oxygens (including phenoxy) is 1. The van der Waals surface area contributed by atoms with E-state index in [1.807, 2.05) is 19.1 Å². The van der Waals surface area contributed by atoms with Crippen molar-refractivity contribution in [2.24, 2.45) is 0 Å². The van der Waals surface area contributed by atoms with E-state index < -0.39 is 11.2 Å². The van der Waals surface area contributed by atoms with Crippen LogP contribution in [-0.2, 0) is 19.1 Å². The standard InChI is InChI=1S/C15H16N2O4S/c1-9-3-5-10(6-4-9)16-12(18)8-13-17-15(20)11(22-13)7-14(19)21-2/h3-6,8,11H,7H2,1-2H3,(H,16,18)(H,17,20)/b13-8+. The van der Waals surface area contributed by atoms with Crippen LogP contribution in [0.1, 0.15) is 12.0 Å². The molecule has 7 heteroatoms. The molecular formula is C15H16N2O4S. The molecule has 2 amide bonds. The third-order valence-electron chi connectivity index (χ3n) is 2.97. The lowest BCUT2D eigenvalue weighted by Gasteiger charge is -2.03. The maximum Gasteiger partial charge on any atom is 0.307 e. The van der Waals surface area contributed by atoms with Crippen molar-refractivity contribution in [2.75, 3.05) is 12.4 Å². The number of hydrogen-bond donors (Lipinski definition) is 2. The SMILES string of the molecule is COC(=O)CC1S/C(=C/C(=O)Nc2ccc(C)cc2)NC1=O. The van der Waals surface area contributed by atoms with Crippen molar-refractivity contribution in [3.63, 3.8) is 0 Å². The third kappa shape index (κ3) is 4.36. The molecule has 1 aliphatic rings. The molecule has 0 spiro atoms. The number of esters is 1. The highest BCUT2D eigenvalue weighted by Gasteiger charge is 2.31. The Hall–Kier alpha value is -2.28. The zero-order chi connectivity index (χ0) is 16.1. The molecule has 0 saturated carbocycles. The Morgan fingerprint density at radius 2 is 2.05 bits per heavy atom.